The average Bonchev–Trinajstić information content (AvgIpc) is 3.49. The summed E-state index contributed by atoms with van der Waals surface area (Å²) in [5.74, 6) is -3.90. The van der Waals surface area contributed by atoms with Crippen molar-refractivity contribution in [3.63, 3.8) is 0 Å². The third kappa shape index (κ3) is 6.36. The van der Waals surface area contributed by atoms with E-state index in [1.54, 1.807) is 25.6 Å². The van der Waals surface area contributed by atoms with Crippen LogP contribution in [0.3, 0.4) is 0 Å². The highest BCUT2D eigenvalue weighted by atomic mass is 32.2. The second-order valence-electron chi connectivity index (χ2n) is 18.5. The second kappa shape index (κ2) is 14.5. The van der Waals surface area contributed by atoms with E-state index in [4.69, 9.17) is 48.0 Å². The van der Waals surface area contributed by atoms with Crippen molar-refractivity contribution in [2.45, 2.75) is 179 Å². The Morgan fingerprint density at radius 2 is 1.07 bits per heavy atom. The molecule has 2 aliphatic carbocycles. The lowest BCUT2D eigenvalue weighted by Crippen LogP contribution is -2.76. The highest BCUT2D eigenvalue weighted by molar-refractivity contribution is 7.99. The molecule has 4 bridgehead atoms. The fourth-order valence-corrected chi connectivity index (χ4v) is 13.0. The van der Waals surface area contributed by atoms with Gasteiger partial charge in [-0.05, 0) is 120 Å². The van der Waals surface area contributed by atoms with Gasteiger partial charge in [0.1, 0.15) is 0 Å². The van der Waals surface area contributed by atoms with E-state index in [2.05, 4.69) is 20.8 Å². The Hall–Kier alpha value is -0.260. The van der Waals surface area contributed by atoms with Crippen molar-refractivity contribution < 1.29 is 61.1 Å². The van der Waals surface area contributed by atoms with Crippen molar-refractivity contribution >= 4 is 11.8 Å². The number of rotatable bonds is 12. The van der Waals surface area contributed by atoms with Crippen LogP contribution in [0.15, 0.2) is 0 Å². The number of thioether (sulfide) groups is 1. The molecule has 0 amide bonds. The molecule has 2 spiro atoms. The van der Waals surface area contributed by atoms with E-state index in [1.165, 1.54) is 0 Å². The van der Waals surface area contributed by atoms with Gasteiger partial charge in [0, 0.05) is 36.5 Å². The summed E-state index contributed by atoms with van der Waals surface area (Å²) in [6.07, 6.45) is 3.16. The molecular formula is C40H63F3O10S. The molecule has 10 rings (SSSR count). The Bertz CT molecular complexity index is 1360. The fourth-order valence-electron chi connectivity index (χ4n) is 11.9. The van der Waals surface area contributed by atoms with Gasteiger partial charge in [0.15, 0.2) is 29.6 Å². The first kappa shape index (κ1) is 40.5. The van der Waals surface area contributed by atoms with Gasteiger partial charge in [0.05, 0.1) is 13.2 Å². The number of fused-ring (bicyclic) bond motifs is 4. The molecule has 0 aromatic heterocycles. The van der Waals surface area contributed by atoms with Crippen LogP contribution in [0.5, 0.6) is 0 Å². The van der Waals surface area contributed by atoms with Gasteiger partial charge in [-0.15, -0.1) is 0 Å². The Morgan fingerprint density at radius 1 is 0.574 bits per heavy atom. The zero-order valence-corrected chi connectivity index (χ0v) is 34.0. The molecular weight excluding hydrogens is 729 g/mol. The predicted octanol–water partition coefficient (Wildman–Crippen LogP) is 9.05. The van der Waals surface area contributed by atoms with Crippen LogP contribution in [0.4, 0.5) is 13.2 Å². The van der Waals surface area contributed by atoms with Crippen molar-refractivity contribution in [1.29, 1.82) is 0 Å². The molecule has 54 heavy (non-hydrogen) atoms. The topological polar surface area (TPSA) is 92.3 Å². The van der Waals surface area contributed by atoms with Crippen LogP contribution in [0.25, 0.3) is 0 Å². The Kier molecular flexibility index (Phi) is 10.9. The van der Waals surface area contributed by atoms with E-state index >= 15 is 13.2 Å². The van der Waals surface area contributed by atoms with Gasteiger partial charge in [-0.2, -0.15) is 24.9 Å². The highest BCUT2D eigenvalue weighted by Crippen LogP contribution is 2.65. The zero-order valence-electron chi connectivity index (χ0n) is 33.2. The molecule has 10 nitrogen and oxygen atoms in total. The highest BCUT2D eigenvalue weighted by Gasteiger charge is 2.77. The van der Waals surface area contributed by atoms with Crippen LogP contribution in [-0.2, 0) is 48.0 Å². The minimum atomic E-state index is -4.75. The largest absolute Gasteiger partial charge is 0.443 e. The summed E-state index contributed by atoms with van der Waals surface area (Å²) >= 11 is 1.81. The van der Waals surface area contributed by atoms with Crippen LogP contribution in [0, 0.1) is 47.3 Å². The first-order chi connectivity index (χ1) is 25.5. The number of hydrogen-bond donors (Lipinski definition) is 0. The van der Waals surface area contributed by atoms with E-state index in [-0.39, 0.29) is 30.3 Å². The summed E-state index contributed by atoms with van der Waals surface area (Å²) in [4.78, 5) is 24.1. The van der Waals surface area contributed by atoms with Gasteiger partial charge in [-0.25, -0.2) is 19.6 Å². The molecule has 14 heteroatoms. The van der Waals surface area contributed by atoms with Crippen molar-refractivity contribution in [3.05, 3.63) is 0 Å². The SMILES string of the molecule is C[C@@H]1CC[C@H]2[C@@H](C)[C@@](C)(OCCCCSCCCCO[C@@]3(C(F)(F)F)O[C@@H]4O[C@@]5(C)CC[C@H]6[C@H](C)CC[C@@H]([C@H]3C)[C@@]46OO5)O[C@@H]3O[C@@]4(C)CC[C@@H]1[C@]32OO4. The van der Waals surface area contributed by atoms with Gasteiger partial charge in [-0.1, -0.05) is 27.7 Å². The van der Waals surface area contributed by atoms with Crippen LogP contribution in [0.1, 0.15) is 126 Å². The molecule has 0 unspecified atom stereocenters. The molecule has 2 saturated carbocycles. The molecule has 8 saturated heterocycles. The summed E-state index contributed by atoms with van der Waals surface area (Å²) in [5, 5.41) is 0. The summed E-state index contributed by atoms with van der Waals surface area (Å²) in [7, 11) is 0. The summed E-state index contributed by atoms with van der Waals surface area (Å²) in [5.41, 5.74) is -1.70. The first-order valence-corrected chi connectivity index (χ1v) is 22.1. The van der Waals surface area contributed by atoms with Gasteiger partial charge >= 0.3 is 6.18 Å². The lowest BCUT2D eigenvalue weighted by Gasteiger charge is -2.62. The van der Waals surface area contributed by atoms with Gasteiger partial charge in [0.2, 0.25) is 11.6 Å². The summed E-state index contributed by atoms with van der Waals surface area (Å²) in [6.45, 7) is 14.5. The third-order valence-corrected chi connectivity index (χ3v) is 16.4. The van der Waals surface area contributed by atoms with Crippen molar-refractivity contribution in [1.82, 2.24) is 0 Å². The third-order valence-electron chi connectivity index (χ3n) is 15.3. The second-order valence-corrected chi connectivity index (χ2v) is 19.8. The van der Waals surface area contributed by atoms with Gasteiger partial charge in [0.25, 0.3) is 5.79 Å². The van der Waals surface area contributed by atoms with E-state index in [0.29, 0.717) is 37.7 Å². The Balaban J connectivity index is 0.788. The van der Waals surface area contributed by atoms with E-state index in [9.17, 15) is 0 Å². The summed E-state index contributed by atoms with van der Waals surface area (Å²) in [6, 6.07) is 0. The maximum Gasteiger partial charge on any atom is 0.443 e. The smallest absolute Gasteiger partial charge is 0.350 e. The lowest BCUT2D eigenvalue weighted by atomic mass is 9.57. The maximum absolute atomic E-state index is 15.1. The normalized spacial score (nSPS) is 52.3. The average molecular weight is 793 g/mol. The van der Waals surface area contributed by atoms with E-state index < -0.39 is 64.9 Å². The fraction of sp³-hybridized carbons (Fsp3) is 1.00. The molecule has 8 aliphatic heterocycles. The Morgan fingerprint density at radius 3 is 1.61 bits per heavy atom. The molecule has 16 atom stereocenters. The minimum absolute atomic E-state index is 0.0217. The zero-order chi connectivity index (χ0) is 38.4. The predicted molar refractivity (Wildman–Crippen MR) is 191 cm³/mol. The van der Waals surface area contributed by atoms with Gasteiger partial charge in [-0.3, -0.25) is 0 Å². The molecule has 0 aromatic carbocycles. The van der Waals surface area contributed by atoms with Crippen LogP contribution >= 0.6 is 11.8 Å². The van der Waals surface area contributed by atoms with Gasteiger partial charge < -0.3 is 28.4 Å². The quantitative estimate of drug-likeness (QED) is 0.140. The van der Waals surface area contributed by atoms with Crippen molar-refractivity contribution in [2.24, 2.45) is 47.3 Å². The van der Waals surface area contributed by atoms with Crippen molar-refractivity contribution in [2.75, 3.05) is 24.7 Å². The first-order valence-electron chi connectivity index (χ1n) is 20.9. The van der Waals surface area contributed by atoms with Crippen LogP contribution in [-0.4, -0.2) is 77.8 Å². The van der Waals surface area contributed by atoms with Crippen LogP contribution < -0.4 is 0 Å². The molecule has 0 aromatic rings. The molecule has 8 heterocycles. The van der Waals surface area contributed by atoms with E-state index in [0.717, 1.165) is 69.3 Å². The Labute approximate surface area is 323 Å². The number of hydrogen-bond acceptors (Lipinski definition) is 11. The lowest BCUT2D eigenvalue weighted by molar-refractivity contribution is -0.598. The maximum atomic E-state index is 15.1. The molecule has 0 N–H and O–H groups in total. The minimum Gasteiger partial charge on any atom is -0.350 e. The number of halogens is 3. The number of alkyl halides is 3. The number of ether oxygens (including phenoxy) is 6. The molecule has 10 aliphatic rings. The monoisotopic (exact) mass is 792 g/mol. The van der Waals surface area contributed by atoms with E-state index in [1.807, 2.05) is 13.8 Å². The molecule has 0 radical (unpaired) electrons. The van der Waals surface area contributed by atoms with Crippen molar-refractivity contribution in [3.8, 4) is 0 Å². The molecule has 10 fully saturated rings. The number of unbranched alkanes of at least 4 members (excludes halogenated alkanes) is 2. The van der Waals surface area contributed by atoms with Crippen LogP contribution in [0.2, 0.25) is 0 Å². The molecule has 310 valence electrons. The standard InChI is InChI=1S/C40H63F3O10S/c1-24-12-14-30-26(3)36(7,48-32-37(30)28(24)16-18-34(5,46-32)50-52-37)44-20-8-10-22-54-23-11-9-21-45-39(40(41,42)43)27(4)31-15-13-25(2)29-17-19-35(6)47-33(49-39)38(29,31)53-51-35/h24-33H,8-23H2,1-7H3/t24-,25-,26-,27-,28+,29+,30+,31+,32+,33+,34-,35-,36+,37-,38-,39-/m1/s1. The summed E-state index contributed by atoms with van der Waals surface area (Å²) < 4.78 is 83.0.